The van der Waals surface area contributed by atoms with Gasteiger partial charge < -0.3 is 5.11 Å². The van der Waals surface area contributed by atoms with Gasteiger partial charge in [0.2, 0.25) is 0 Å². The maximum Gasteiger partial charge on any atom is 0.0917 e. The molecule has 1 saturated carbocycles. The number of nitrogens with zero attached hydrogens (tertiary/aromatic N) is 1. The van der Waals surface area contributed by atoms with Crippen LogP contribution >= 0.6 is 0 Å². The molecular formula is C18H29NO. The number of aliphatic hydroxyl groups excluding tert-OH is 1. The Labute approximate surface area is 123 Å². The van der Waals surface area contributed by atoms with E-state index >= 15 is 0 Å². The lowest BCUT2D eigenvalue weighted by Crippen LogP contribution is -2.31. The predicted octanol–water partition coefficient (Wildman–Crippen LogP) is 3.89. The third kappa shape index (κ3) is 4.07. The average Bonchev–Trinajstić information content (AvgIpc) is 3.21. The quantitative estimate of drug-likeness (QED) is 0.851. The molecule has 0 radical (unpaired) electrons. The second kappa shape index (κ2) is 6.28. The molecule has 0 spiro atoms. The molecule has 1 aromatic rings. The van der Waals surface area contributed by atoms with Crippen molar-refractivity contribution in [3.05, 3.63) is 35.4 Å². The molecule has 1 unspecified atom stereocenters. The van der Waals surface area contributed by atoms with Crippen molar-refractivity contribution in [1.82, 2.24) is 4.90 Å². The Balaban J connectivity index is 1.99. The molecule has 1 atom stereocenters. The van der Waals surface area contributed by atoms with E-state index in [1.807, 2.05) is 0 Å². The number of hydrogen-bond donors (Lipinski definition) is 1. The highest BCUT2D eigenvalue weighted by Crippen LogP contribution is 2.29. The van der Waals surface area contributed by atoms with Gasteiger partial charge in [0.25, 0.3) is 0 Å². The lowest BCUT2D eigenvalue weighted by molar-refractivity contribution is 0.108. The molecule has 1 fully saturated rings. The average molecular weight is 275 g/mol. The Morgan fingerprint density at radius 2 is 1.80 bits per heavy atom. The Hall–Kier alpha value is -0.860. The van der Waals surface area contributed by atoms with Crippen molar-refractivity contribution in [2.75, 3.05) is 13.1 Å². The van der Waals surface area contributed by atoms with Crippen molar-refractivity contribution in [3.8, 4) is 0 Å². The van der Waals surface area contributed by atoms with Crippen LogP contribution in [-0.4, -0.2) is 29.1 Å². The first-order valence-electron chi connectivity index (χ1n) is 7.94. The highest BCUT2D eigenvalue weighted by atomic mass is 16.3. The summed E-state index contributed by atoms with van der Waals surface area (Å²) in [5, 5.41) is 10.4. The van der Waals surface area contributed by atoms with Crippen LogP contribution in [0.5, 0.6) is 0 Å². The maximum absolute atomic E-state index is 10.4. The minimum Gasteiger partial charge on any atom is -0.387 e. The van der Waals surface area contributed by atoms with E-state index in [1.54, 1.807) is 0 Å². The predicted molar refractivity (Wildman–Crippen MR) is 85.0 cm³/mol. The molecule has 0 aliphatic heterocycles. The molecule has 0 heterocycles. The highest BCUT2D eigenvalue weighted by Gasteiger charge is 2.29. The summed E-state index contributed by atoms with van der Waals surface area (Å²) in [6.45, 7) is 10.7. The van der Waals surface area contributed by atoms with E-state index in [0.29, 0.717) is 0 Å². The molecule has 0 aromatic heterocycles. The molecule has 1 aliphatic rings. The summed E-state index contributed by atoms with van der Waals surface area (Å²) in [7, 11) is 0. The Bertz CT molecular complexity index is 414. The Morgan fingerprint density at radius 3 is 2.25 bits per heavy atom. The zero-order valence-electron chi connectivity index (χ0n) is 13.4. The van der Waals surface area contributed by atoms with E-state index in [2.05, 4.69) is 56.9 Å². The zero-order chi connectivity index (χ0) is 14.8. The van der Waals surface area contributed by atoms with Crippen molar-refractivity contribution in [3.63, 3.8) is 0 Å². The van der Waals surface area contributed by atoms with Crippen LogP contribution in [0.3, 0.4) is 0 Å². The smallest absolute Gasteiger partial charge is 0.0917 e. The normalized spacial score (nSPS) is 17.5. The van der Waals surface area contributed by atoms with Crippen molar-refractivity contribution in [2.24, 2.45) is 0 Å². The largest absolute Gasteiger partial charge is 0.387 e. The van der Waals surface area contributed by atoms with Crippen LogP contribution in [-0.2, 0) is 5.41 Å². The monoisotopic (exact) mass is 275 g/mol. The van der Waals surface area contributed by atoms with Gasteiger partial charge in [-0.05, 0) is 42.3 Å². The molecule has 2 rings (SSSR count). The fourth-order valence-corrected chi connectivity index (χ4v) is 2.68. The summed E-state index contributed by atoms with van der Waals surface area (Å²) in [4.78, 5) is 2.45. The van der Waals surface area contributed by atoms with Crippen molar-refractivity contribution < 1.29 is 5.11 Å². The molecule has 20 heavy (non-hydrogen) atoms. The second-order valence-electron chi connectivity index (χ2n) is 7.11. The van der Waals surface area contributed by atoms with Gasteiger partial charge >= 0.3 is 0 Å². The maximum atomic E-state index is 10.4. The molecule has 0 amide bonds. The van der Waals surface area contributed by atoms with E-state index in [1.165, 1.54) is 18.4 Å². The van der Waals surface area contributed by atoms with E-state index in [-0.39, 0.29) is 11.5 Å². The molecular weight excluding hydrogens is 246 g/mol. The van der Waals surface area contributed by atoms with Crippen LogP contribution in [0.2, 0.25) is 0 Å². The van der Waals surface area contributed by atoms with Gasteiger partial charge in [0.15, 0.2) is 0 Å². The van der Waals surface area contributed by atoms with Gasteiger partial charge in [-0.15, -0.1) is 0 Å². The zero-order valence-corrected chi connectivity index (χ0v) is 13.4. The molecule has 0 saturated heterocycles. The lowest BCUT2D eigenvalue weighted by atomic mass is 9.86. The second-order valence-corrected chi connectivity index (χ2v) is 7.11. The SMILES string of the molecule is CCCN(CC(O)c1ccc(C(C)(C)C)cc1)C1CC1. The summed E-state index contributed by atoms with van der Waals surface area (Å²) in [5.41, 5.74) is 2.53. The molecule has 0 bridgehead atoms. The van der Waals surface area contributed by atoms with Gasteiger partial charge in [-0.2, -0.15) is 0 Å². The first kappa shape index (κ1) is 15.5. The third-order valence-corrected chi connectivity index (χ3v) is 4.14. The molecule has 1 aliphatic carbocycles. The fraction of sp³-hybridized carbons (Fsp3) is 0.667. The van der Waals surface area contributed by atoms with Crippen LogP contribution in [0.4, 0.5) is 0 Å². The van der Waals surface area contributed by atoms with Crippen LogP contribution in [0.1, 0.15) is 64.2 Å². The minimum atomic E-state index is -0.365. The summed E-state index contributed by atoms with van der Waals surface area (Å²) in [5.74, 6) is 0. The highest BCUT2D eigenvalue weighted by molar-refractivity contribution is 5.28. The summed E-state index contributed by atoms with van der Waals surface area (Å²) in [6, 6.07) is 9.20. The number of hydrogen-bond acceptors (Lipinski definition) is 2. The van der Waals surface area contributed by atoms with Gasteiger partial charge in [-0.3, -0.25) is 4.90 Å². The Kier molecular flexibility index (Phi) is 4.87. The van der Waals surface area contributed by atoms with E-state index < -0.39 is 0 Å². The number of benzene rings is 1. The summed E-state index contributed by atoms with van der Waals surface area (Å²) >= 11 is 0. The van der Waals surface area contributed by atoms with Crippen LogP contribution < -0.4 is 0 Å². The van der Waals surface area contributed by atoms with E-state index in [0.717, 1.165) is 31.1 Å². The Morgan fingerprint density at radius 1 is 1.20 bits per heavy atom. The van der Waals surface area contributed by atoms with Crippen molar-refractivity contribution >= 4 is 0 Å². The third-order valence-electron chi connectivity index (χ3n) is 4.14. The summed E-state index contributed by atoms with van der Waals surface area (Å²) in [6.07, 6.45) is 3.40. The first-order valence-corrected chi connectivity index (χ1v) is 7.94. The minimum absolute atomic E-state index is 0.172. The number of aliphatic hydroxyl groups is 1. The van der Waals surface area contributed by atoms with Crippen molar-refractivity contribution in [2.45, 2.75) is 64.5 Å². The number of rotatable bonds is 6. The first-order chi connectivity index (χ1) is 9.41. The van der Waals surface area contributed by atoms with Crippen LogP contribution in [0, 0.1) is 0 Å². The molecule has 2 heteroatoms. The van der Waals surface area contributed by atoms with Gasteiger partial charge in [-0.25, -0.2) is 0 Å². The lowest BCUT2D eigenvalue weighted by Gasteiger charge is -2.25. The van der Waals surface area contributed by atoms with E-state index in [4.69, 9.17) is 0 Å². The molecule has 1 aromatic carbocycles. The van der Waals surface area contributed by atoms with Gasteiger partial charge in [0.05, 0.1) is 6.10 Å². The molecule has 112 valence electrons. The van der Waals surface area contributed by atoms with Gasteiger partial charge in [0, 0.05) is 12.6 Å². The van der Waals surface area contributed by atoms with Crippen LogP contribution in [0.15, 0.2) is 24.3 Å². The topological polar surface area (TPSA) is 23.5 Å². The van der Waals surface area contributed by atoms with E-state index in [9.17, 15) is 5.11 Å². The molecule has 1 N–H and O–H groups in total. The standard InChI is InChI=1S/C18H29NO/c1-5-12-19(16-10-11-16)13-17(20)14-6-8-15(9-7-14)18(2,3)4/h6-9,16-17,20H,5,10-13H2,1-4H3. The van der Waals surface area contributed by atoms with Gasteiger partial charge in [0.1, 0.15) is 0 Å². The van der Waals surface area contributed by atoms with Gasteiger partial charge in [-0.1, -0.05) is 52.0 Å². The van der Waals surface area contributed by atoms with Crippen LogP contribution in [0.25, 0.3) is 0 Å². The van der Waals surface area contributed by atoms with Crippen molar-refractivity contribution in [1.29, 1.82) is 0 Å². The molecule has 2 nitrogen and oxygen atoms in total. The summed E-state index contributed by atoms with van der Waals surface area (Å²) < 4.78 is 0. The fourth-order valence-electron chi connectivity index (χ4n) is 2.68.